The predicted octanol–water partition coefficient (Wildman–Crippen LogP) is 3.57. The Labute approximate surface area is 158 Å². The molecule has 138 valence electrons. The van der Waals surface area contributed by atoms with E-state index in [0.717, 1.165) is 4.57 Å². The van der Waals surface area contributed by atoms with Gasteiger partial charge in [0.25, 0.3) is 5.91 Å². The zero-order valence-corrected chi connectivity index (χ0v) is 14.5. The summed E-state index contributed by atoms with van der Waals surface area (Å²) in [5.74, 6) is -1.73. The fourth-order valence-electron chi connectivity index (χ4n) is 3.00. The number of aromatic hydroxyl groups is 1. The zero-order chi connectivity index (χ0) is 19.7. The van der Waals surface area contributed by atoms with Crippen molar-refractivity contribution in [3.8, 4) is 5.88 Å². The number of amides is 2. The van der Waals surface area contributed by atoms with Gasteiger partial charge in [-0.3, -0.25) is 14.9 Å². The lowest BCUT2D eigenvalue weighted by atomic mass is 10.1. The standard InChI is InChI=1S/C21H14N2O5/c24-18(16-11-6-12-28-16)17-14-9-4-5-10-15(14)23(20(17)26)21(27)22-19(25)13-7-2-1-3-8-13/h1-12,26H,(H,22,25,27). The van der Waals surface area contributed by atoms with Gasteiger partial charge >= 0.3 is 6.03 Å². The van der Waals surface area contributed by atoms with Crippen molar-refractivity contribution in [3.63, 3.8) is 0 Å². The minimum Gasteiger partial charge on any atom is -0.494 e. The molecule has 7 heteroatoms. The first-order valence-electron chi connectivity index (χ1n) is 8.39. The number of rotatable bonds is 3. The van der Waals surface area contributed by atoms with Gasteiger partial charge in [-0.25, -0.2) is 9.36 Å². The van der Waals surface area contributed by atoms with Gasteiger partial charge in [0.15, 0.2) is 5.76 Å². The van der Waals surface area contributed by atoms with Crippen LogP contribution in [0.2, 0.25) is 0 Å². The van der Waals surface area contributed by atoms with Crippen molar-refractivity contribution < 1.29 is 23.9 Å². The summed E-state index contributed by atoms with van der Waals surface area (Å²) in [6, 6.07) is 16.9. The molecule has 0 spiro atoms. The van der Waals surface area contributed by atoms with Crippen LogP contribution in [0, 0.1) is 0 Å². The summed E-state index contributed by atoms with van der Waals surface area (Å²) >= 11 is 0. The average Bonchev–Trinajstić information content (AvgIpc) is 3.34. The third kappa shape index (κ3) is 2.84. The Bertz CT molecular complexity index is 1190. The average molecular weight is 374 g/mol. The molecule has 2 aromatic heterocycles. The summed E-state index contributed by atoms with van der Waals surface area (Å²) in [6.07, 6.45) is 1.34. The number of hydrogen-bond donors (Lipinski definition) is 2. The Kier molecular flexibility index (Phi) is 4.25. The maximum absolute atomic E-state index is 12.8. The second-order valence-electron chi connectivity index (χ2n) is 5.98. The molecule has 28 heavy (non-hydrogen) atoms. The normalized spacial score (nSPS) is 10.7. The van der Waals surface area contributed by atoms with E-state index >= 15 is 0 Å². The van der Waals surface area contributed by atoms with Crippen molar-refractivity contribution in [1.29, 1.82) is 0 Å². The molecule has 0 unspecified atom stereocenters. The molecule has 7 nitrogen and oxygen atoms in total. The van der Waals surface area contributed by atoms with Crippen molar-refractivity contribution in [2.45, 2.75) is 0 Å². The van der Waals surface area contributed by atoms with Gasteiger partial charge in [0.1, 0.15) is 0 Å². The first-order valence-corrected chi connectivity index (χ1v) is 8.39. The SMILES string of the molecule is O=C(NC(=O)n1c(O)c(C(=O)c2ccco2)c2ccccc21)c1ccccc1. The van der Waals surface area contributed by atoms with Crippen LogP contribution >= 0.6 is 0 Å². The molecule has 2 N–H and O–H groups in total. The van der Waals surface area contributed by atoms with Crippen LogP contribution in [0.3, 0.4) is 0 Å². The van der Waals surface area contributed by atoms with Crippen LogP contribution in [0.5, 0.6) is 5.88 Å². The largest absolute Gasteiger partial charge is 0.494 e. The Morgan fingerprint density at radius 1 is 0.893 bits per heavy atom. The molecule has 4 aromatic rings. The van der Waals surface area contributed by atoms with Gasteiger partial charge in [0, 0.05) is 10.9 Å². The lowest BCUT2D eigenvalue weighted by molar-refractivity contribution is 0.0963. The number of ketones is 1. The molecule has 0 aliphatic rings. The highest BCUT2D eigenvalue weighted by atomic mass is 16.3. The van der Waals surface area contributed by atoms with Crippen LogP contribution < -0.4 is 5.32 Å². The highest BCUT2D eigenvalue weighted by molar-refractivity contribution is 6.19. The number of nitrogens with zero attached hydrogens (tertiary/aromatic N) is 1. The molecule has 0 bridgehead atoms. The third-order valence-electron chi connectivity index (χ3n) is 4.28. The highest BCUT2D eigenvalue weighted by Gasteiger charge is 2.28. The minimum atomic E-state index is -0.874. The van der Waals surface area contributed by atoms with E-state index in [0.29, 0.717) is 10.9 Å². The quantitative estimate of drug-likeness (QED) is 0.534. The maximum atomic E-state index is 12.8. The van der Waals surface area contributed by atoms with Gasteiger partial charge in [0.2, 0.25) is 11.7 Å². The number of imide groups is 1. The monoisotopic (exact) mass is 374 g/mol. The fraction of sp³-hybridized carbons (Fsp3) is 0. The summed E-state index contributed by atoms with van der Waals surface area (Å²) in [5.41, 5.74) is 0.500. The molecule has 4 rings (SSSR count). The number of fused-ring (bicyclic) bond motifs is 1. The molecule has 2 heterocycles. The summed E-state index contributed by atoms with van der Waals surface area (Å²) in [6.45, 7) is 0. The smallest absolute Gasteiger partial charge is 0.335 e. The van der Waals surface area contributed by atoms with Crippen LogP contribution in [0.15, 0.2) is 77.4 Å². The van der Waals surface area contributed by atoms with E-state index in [2.05, 4.69) is 5.32 Å². The third-order valence-corrected chi connectivity index (χ3v) is 4.28. The zero-order valence-electron chi connectivity index (χ0n) is 14.5. The van der Waals surface area contributed by atoms with Crippen LogP contribution in [0.25, 0.3) is 10.9 Å². The van der Waals surface area contributed by atoms with E-state index < -0.39 is 23.6 Å². The molecule has 0 saturated carbocycles. The van der Waals surface area contributed by atoms with E-state index in [-0.39, 0.29) is 16.8 Å². The summed E-state index contributed by atoms with van der Waals surface area (Å²) in [5, 5.41) is 13.3. The lowest BCUT2D eigenvalue weighted by Crippen LogP contribution is -2.33. The van der Waals surface area contributed by atoms with Crippen molar-refractivity contribution in [2.24, 2.45) is 0 Å². The molecular weight excluding hydrogens is 360 g/mol. The molecule has 2 aromatic carbocycles. The van der Waals surface area contributed by atoms with Crippen LogP contribution in [0.1, 0.15) is 26.5 Å². The van der Waals surface area contributed by atoms with Crippen LogP contribution in [0.4, 0.5) is 4.79 Å². The van der Waals surface area contributed by atoms with Crippen molar-refractivity contribution in [2.75, 3.05) is 0 Å². The lowest BCUT2D eigenvalue weighted by Gasteiger charge is -2.07. The highest BCUT2D eigenvalue weighted by Crippen LogP contribution is 2.33. The minimum absolute atomic E-state index is 0.0268. The number of hydrogen-bond acceptors (Lipinski definition) is 5. The summed E-state index contributed by atoms with van der Waals surface area (Å²) in [4.78, 5) is 37.8. The van der Waals surface area contributed by atoms with Gasteiger partial charge in [-0.05, 0) is 30.3 Å². The van der Waals surface area contributed by atoms with Crippen LogP contribution in [-0.2, 0) is 0 Å². The Morgan fingerprint density at radius 3 is 2.32 bits per heavy atom. The second kappa shape index (κ2) is 6.88. The van der Waals surface area contributed by atoms with Gasteiger partial charge in [0.05, 0.1) is 17.3 Å². The Balaban J connectivity index is 1.77. The molecule has 0 fully saturated rings. The molecule has 0 radical (unpaired) electrons. The number of para-hydroxylation sites is 1. The molecule has 0 saturated heterocycles. The van der Waals surface area contributed by atoms with E-state index in [1.165, 1.54) is 12.3 Å². The van der Waals surface area contributed by atoms with Crippen molar-refractivity contribution >= 4 is 28.6 Å². The van der Waals surface area contributed by atoms with E-state index in [9.17, 15) is 19.5 Å². The number of carbonyl (C=O) groups is 3. The van der Waals surface area contributed by atoms with Gasteiger partial charge in [-0.15, -0.1) is 0 Å². The van der Waals surface area contributed by atoms with Crippen molar-refractivity contribution in [1.82, 2.24) is 9.88 Å². The number of carbonyl (C=O) groups excluding carboxylic acids is 3. The molecule has 2 amide bonds. The van der Waals surface area contributed by atoms with Gasteiger partial charge < -0.3 is 9.52 Å². The van der Waals surface area contributed by atoms with E-state index in [1.807, 2.05) is 0 Å². The number of furan rings is 1. The number of nitrogens with one attached hydrogen (secondary N) is 1. The van der Waals surface area contributed by atoms with Gasteiger partial charge in [-0.2, -0.15) is 0 Å². The summed E-state index contributed by atoms with van der Waals surface area (Å²) < 4.78 is 6.02. The second-order valence-corrected chi connectivity index (χ2v) is 5.98. The Hall–Kier alpha value is -4.13. The first kappa shape index (κ1) is 17.3. The number of aromatic nitrogens is 1. The molecule has 0 atom stereocenters. The predicted molar refractivity (Wildman–Crippen MR) is 100 cm³/mol. The first-order chi connectivity index (χ1) is 13.6. The molecule has 0 aliphatic heterocycles. The molecular formula is C21H14N2O5. The van der Waals surface area contributed by atoms with Crippen molar-refractivity contribution in [3.05, 3.63) is 89.9 Å². The van der Waals surface area contributed by atoms with E-state index in [4.69, 9.17) is 4.42 Å². The Morgan fingerprint density at radius 2 is 1.61 bits per heavy atom. The maximum Gasteiger partial charge on any atom is 0.335 e. The van der Waals surface area contributed by atoms with Crippen LogP contribution in [-0.4, -0.2) is 27.4 Å². The fourth-order valence-corrected chi connectivity index (χ4v) is 3.00. The van der Waals surface area contributed by atoms with E-state index in [1.54, 1.807) is 60.7 Å². The molecule has 0 aliphatic carbocycles. The number of benzene rings is 2. The topological polar surface area (TPSA) is 102 Å². The summed E-state index contributed by atoms with van der Waals surface area (Å²) in [7, 11) is 0. The van der Waals surface area contributed by atoms with Gasteiger partial charge in [-0.1, -0.05) is 36.4 Å².